The van der Waals surface area contributed by atoms with Crippen LogP contribution in [0.25, 0.3) is 0 Å². The number of methoxy groups -OCH3 is 1. The molecule has 2 aromatic rings. The third-order valence-electron chi connectivity index (χ3n) is 4.84. The van der Waals surface area contributed by atoms with Gasteiger partial charge in [-0.25, -0.2) is 0 Å². The Morgan fingerprint density at radius 2 is 1.90 bits per heavy atom. The van der Waals surface area contributed by atoms with E-state index in [4.69, 9.17) is 4.74 Å². The molecule has 0 radical (unpaired) electrons. The molecule has 8 heteroatoms. The average molecular weight is 416 g/mol. The van der Waals surface area contributed by atoms with Crippen molar-refractivity contribution in [1.82, 2.24) is 15.5 Å². The van der Waals surface area contributed by atoms with Gasteiger partial charge in [0.15, 0.2) is 0 Å². The van der Waals surface area contributed by atoms with Crippen molar-refractivity contribution in [3.8, 4) is 5.75 Å². The second kappa shape index (κ2) is 10.1. The van der Waals surface area contributed by atoms with Gasteiger partial charge >= 0.3 is 0 Å². The maximum Gasteiger partial charge on any atom is 0.264 e. The first-order chi connectivity index (χ1) is 14.1. The van der Waals surface area contributed by atoms with Crippen LogP contribution in [-0.4, -0.2) is 55.4 Å². The van der Waals surface area contributed by atoms with E-state index in [2.05, 4.69) is 10.6 Å². The lowest BCUT2D eigenvalue weighted by atomic mass is 10.2. The Bertz CT molecular complexity index is 836. The molecule has 29 heavy (non-hydrogen) atoms. The lowest BCUT2D eigenvalue weighted by Crippen LogP contribution is -2.46. The smallest absolute Gasteiger partial charge is 0.264 e. The number of benzene rings is 1. The molecule has 1 aromatic carbocycles. The van der Waals surface area contributed by atoms with Crippen molar-refractivity contribution in [2.45, 2.75) is 25.3 Å². The Hall–Kier alpha value is -2.87. The van der Waals surface area contributed by atoms with Gasteiger partial charge in [-0.1, -0.05) is 6.07 Å². The van der Waals surface area contributed by atoms with Crippen molar-refractivity contribution in [3.63, 3.8) is 0 Å². The van der Waals surface area contributed by atoms with Crippen molar-refractivity contribution in [3.05, 3.63) is 52.2 Å². The molecule has 2 N–H and O–H groups in total. The number of nitrogens with one attached hydrogen (secondary N) is 2. The van der Waals surface area contributed by atoms with Gasteiger partial charge in [0.2, 0.25) is 5.91 Å². The maximum absolute atomic E-state index is 12.6. The molecule has 0 bridgehead atoms. The van der Waals surface area contributed by atoms with Crippen molar-refractivity contribution in [2.75, 3.05) is 26.7 Å². The molecule has 1 aliphatic heterocycles. The van der Waals surface area contributed by atoms with Gasteiger partial charge in [0.05, 0.1) is 12.0 Å². The standard InChI is InChI=1S/C21H25N3O4S/c1-28-16-9-7-15(8-10-16)19(25)22-11-4-12-23-20(26)17-5-2-13-24(17)21(27)18-6-3-14-29-18/h3,6-10,14,17H,2,4-5,11-13H2,1H3,(H,22,25)(H,23,26)/t17-/m0/s1. The summed E-state index contributed by atoms with van der Waals surface area (Å²) < 4.78 is 5.07. The SMILES string of the molecule is COc1ccc(C(=O)NCCCNC(=O)[C@@H]2CCCN2C(=O)c2cccs2)cc1. The molecule has 1 aromatic heterocycles. The minimum Gasteiger partial charge on any atom is -0.497 e. The minimum absolute atomic E-state index is 0.0793. The van der Waals surface area contributed by atoms with Crippen LogP contribution >= 0.6 is 11.3 Å². The van der Waals surface area contributed by atoms with Crippen LogP contribution in [0.15, 0.2) is 41.8 Å². The van der Waals surface area contributed by atoms with E-state index in [1.807, 2.05) is 11.4 Å². The van der Waals surface area contributed by atoms with Gasteiger partial charge in [-0.3, -0.25) is 14.4 Å². The van der Waals surface area contributed by atoms with Crippen LogP contribution in [-0.2, 0) is 4.79 Å². The van der Waals surface area contributed by atoms with Gasteiger partial charge < -0.3 is 20.3 Å². The Kier molecular flexibility index (Phi) is 7.24. The van der Waals surface area contributed by atoms with Crippen LogP contribution in [0.2, 0.25) is 0 Å². The predicted octanol–water partition coefficient (Wildman–Crippen LogP) is 2.30. The Morgan fingerprint density at radius 3 is 2.59 bits per heavy atom. The molecule has 3 rings (SSSR count). The van der Waals surface area contributed by atoms with Crippen LogP contribution in [0.4, 0.5) is 0 Å². The predicted molar refractivity (Wildman–Crippen MR) is 111 cm³/mol. The number of amides is 3. The molecule has 0 aliphatic carbocycles. The fourth-order valence-corrected chi connectivity index (χ4v) is 3.97. The first-order valence-electron chi connectivity index (χ1n) is 9.64. The fraction of sp³-hybridized carbons (Fsp3) is 0.381. The van der Waals surface area contributed by atoms with Gasteiger partial charge in [0.25, 0.3) is 11.8 Å². The number of nitrogens with zero attached hydrogens (tertiary/aromatic N) is 1. The van der Waals surface area contributed by atoms with E-state index in [1.165, 1.54) is 11.3 Å². The molecule has 154 valence electrons. The highest BCUT2D eigenvalue weighted by Gasteiger charge is 2.34. The first-order valence-corrected chi connectivity index (χ1v) is 10.5. The van der Waals surface area contributed by atoms with Crippen molar-refractivity contribution < 1.29 is 19.1 Å². The summed E-state index contributed by atoms with van der Waals surface area (Å²) in [6, 6.07) is 10.1. The number of rotatable bonds is 8. The number of carbonyl (C=O) groups excluding carboxylic acids is 3. The fourth-order valence-electron chi connectivity index (χ4n) is 3.29. The number of carbonyl (C=O) groups is 3. The molecule has 3 amide bonds. The molecule has 0 spiro atoms. The van der Waals surface area contributed by atoms with E-state index in [0.717, 1.165) is 6.42 Å². The van der Waals surface area contributed by atoms with Crippen LogP contribution < -0.4 is 15.4 Å². The number of hydrogen-bond acceptors (Lipinski definition) is 5. The topological polar surface area (TPSA) is 87.7 Å². The Balaban J connectivity index is 1.39. The van der Waals surface area contributed by atoms with Crippen LogP contribution in [0, 0.1) is 0 Å². The van der Waals surface area contributed by atoms with Gasteiger partial charge in [-0.05, 0) is 55.0 Å². The molecule has 0 saturated carbocycles. The van der Waals surface area contributed by atoms with E-state index in [-0.39, 0.29) is 17.7 Å². The second-order valence-corrected chi connectivity index (χ2v) is 7.71. The quantitative estimate of drug-likeness (QED) is 0.648. The molecule has 1 aliphatic rings. The minimum atomic E-state index is -0.418. The van der Waals surface area contributed by atoms with E-state index in [0.29, 0.717) is 48.7 Å². The molecular weight excluding hydrogens is 390 g/mol. The summed E-state index contributed by atoms with van der Waals surface area (Å²) in [4.78, 5) is 39.5. The normalized spacial score (nSPS) is 15.8. The molecule has 7 nitrogen and oxygen atoms in total. The summed E-state index contributed by atoms with van der Waals surface area (Å²) in [5.74, 6) is 0.323. The maximum atomic E-state index is 12.6. The molecule has 1 atom stereocenters. The molecule has 1 saturated heterocycles. The van der Waals surface area contributed by atoms with Crippen LogP contribution in [0.5, 0.6) is 5.75 Å². The third kappa shape index (κ3) is 5.35. The second-order valence-electron chi connectivity index (χ2n) is 6.76. The van der Waals surface area contributed by atoms with E-state index in [1.54, 1.807) is 42.3 Å². The summed E-state index contributed by atoms with van der Waals surface area (Å²) in [7, 11) is 1.58. The van der Waals surface area contributed by atoms with Crippen molar-refractivity contribution in [1.29, 1.82) is 0 Å². The summed E-state index contributed by atoms with van der Waals surface area (Å²) >= 11 is 1.39. The number of likely N-dealkylation sites (tertiary alicyclic amines) is 1. The largest absolute Gasteiger partial charge is 0.497 e. The summed E-state index contributed by atoms with van der Waals surface area (Å²) in [6.45, 7) is 1.50. The highest BCUT2D eigenvalue weighted by atomic mass is 32.1. The third-order valence-corrected chi connectivity index (χ3v) is 5.70. The lowest BCUT2D eigenvalue weighted by molar-refractivity contribution is -0.124. The average Bonchev–Trinajstić information content (AvgIpc) is 3.45. The molecule has 2 heterocycles. The van der Waals surface area contributed by atoms with Crippen molar-refractivity contribution >= 4 is 29.1 Å². The molecular formula is C21H25N3O4S. The van der Waals surface area contributed by atoms with E-state index in [9.17, 15) is 14.4 Å². The van der Waals surface area contributed by atoms with Crippen LogP contribution in [0.3, 0.4) is 0 Å². The number of hydrogen-bond donors (Lipinski definition) is 2. The highest BCUT2D eigenvalue weighted by Crippen LogP contribution is 2.22. The van der Waals surface area contributed by atoms with Gasteiger partial charge in [-0.2, -0.15) is 0 Å². The molecule has 1 fully saturated rings. The number of ether oxygens (including phenoxy) is 1. The zero-order valence-corrected chi connectivity index (χ0v) is 17.2. The zero-order valence-electron chi connectivity index (χ0n) is 16.3. The van der Waals surface area contributed by atoms with Crippen molar-refractivity contribution in [2.24, 2.45) is 0 Å². The lowest BCUT2D eigenvalue weighted by Gasteiger charge is -2.23. The van der Waals surface area contributed by atoms with Gasteiger partial charge in [-0.15, -0.1) is 11.3 Å². The first kappa shape index (κ1) is 20.9. The highest BCUT2D eigenvalue weighted by molar-refractivity contribution is 7.12. The summed E-state index contributed by atoms with van der Waals surface area (Å²) in [5, 5.41) is 7.58. The summed E-state index contributed by atoms with van der Waals surface area (Å²) in [6.07, 6.45) is 2.11. The summed E-state index contributed by atoms with van der Waals surface area (Å²) in [5.41, 5.74) is 0.559. The Labute approximate surface area is 174 Å². The van der Waals surface area contributed by atoms with E-state index >= 15 is 0 Å². The number of thiophene rings is 1. The van der Waals surface area contributed by atoms with Gasteiger partial charge in [0, 0.05) is 25.2 Å². The zero-order chi connectivity index (χ0) is 20.6. The van der Waals surface area contributed by atoms with Crippen LogP contribution in [0.1, 0.15) is 39.3 Å². The monoisotopic (exact) mass is 415 g/mol. The Morgan fingerprint density at radius 1 is 1.14 bits per heavy atom. The van der Waals surface area contributed by atoms with E-state index < -0.39 is 6.04 Å². The van der Waals surface area contributed by atoms with Gasteiger partial charge in [0.1, 0.15) is 11.8 Å². The molecule has 0 unspecified atom stereocenters.